The van der Waals surface area contributed by atoms with Gasteiger partial charge >= 0.3 is 0 Å². The molecule has 0 aliphatic carbocycles. The number of aryl methyl sites for hydroxylation is 1. The summed E-state index contributed by atoms with van der Waals surface area (Å²) in [7, 11) is 3.77. The zero-order chi connectivity index (χ0) is 6.69. The Morgan fingerprint density at radius 3 is 2.80 bits per heavy atom. The topological polar surface area (TPSA) is 42.7 Å². The molecule has 1 heterocycles. The van der Waals surface area contributed by atoms with E-state index in [2.05, 4.69) is 15.6 Å². The van der Waals surface area contributed by atoms with Gasteiger partial charge < -0.3 is 5.32 Å². The van der Waals surface area contributed by atoms with Crippen LogP contribution in [0.3, 0.4) is 0 Å². The quantitative estimate of drug-likeness (QED) is 0.664. The molecule has 1 N–H and O–H groups in total. The van der Waals surface area contributed by atoms with Crippen molar-refractivity contribution in [2.45, 2.75) is 6.54 Å². The molecular formula is C5H11ClN4. The van der Waals surface area contributed by atoms with Crippen molar-refractivity contribution in [1.29, 1.82) is 0 Å². The Hall–Kier alpha value is -0.610. The average molecular weight is 163 g/mol. The zero-order valence-electron chi connectivity index (χ0n) is 6.03. The van der Waals surface area contributed by atoms with Crippen molar-refractivity contribution in [3.63, 3.8) is 0 Å². The van der Waals surface area contributed by atoms with Gasteiger partial charge in [-0.05, 0) is 7.05 Å². The summed E-state index contributed by atoms with van der Waals surface area (Å²) < 4.78 is 1.75. The van der Waals surface area contributed by atoms with E-state index in [1.807, 2.05) is 14.1 Å². The molecule has 10 heavy (non-hydrogen) atoms. The first-order valence-corrected chi connectivity index (χ1v) is 2.82. The molecule has 5 heteroatoms. The lowest BCUT2D eigenvalue weighted by Gasteiger charge is -1.95. The van der Waals surface area contributed by atoms with Crippen molar-refractivity contribution in [3.05, 3.63) is 11.9 Å². The molecule has 1 aromatic heterocycles. The normalized spacial score (nSPS) is 9.00. The first-order valence-electron chi connectivity index (χ1n) is 2.82. The molecule has 0 aliphatic heterocycles. The average Bonchev–Trinajstić information content (AvgIpc) is 2.18. The second kappa shape index (κ2) is 4.24. The standard InChI is InChI=1S/C5H10N4.ClH/c1-6-3-5-4-7-8-9(5)2;/h4,6H,3H2,1-2H3;1H. The van der Waals surface area contributed by atoms with Gasteiger partial charge in [0.2, 0.25) is 0 Å². The van der Waals surface area contributed by atoms with Crippen molar-refractivity contribution in [2.75, 3.05) is 7.05 Å². The number of hydrogen-bond acceptors (Lipinski definition) is 3. The molecule has 0 amide bonds. The van der Waals surface area contributed by atoms with Gasteiger partial charge in [0.15, 0.2) is 0 Å². The summed E-state index contributed by atoms with van der Waals surface area (Å²) in [5, 5.41) is 10.5. The number of rotatable bonds is 2. The third kappa shape index (κ3) is 1.97. The lowest BCUT2D eigenvalue weighted by molar-refractivity contribution is 0.651. The van der Waals surface area contributed by atoms with Crippen LogP contribution in [-0.2, 0) is 13.6 Å². The van der Waals surface area contributed by atoms with Crippen LogP contribution >= 0.6 is 12.4 Å². The molecule has 58 valence electrons. The molecule has 0 spiro atoms. The van der Waals surface area contributed by atoms with E-state index >= 15 is 0 Å². The molecule has 1 rings (SSSR count). The van der Waals surface area contributed by atoms with E-state index in [1.165, 1.54) is 0 Å². The van der Waals surface area contributed by atoms with Crippen LogP contribution in [0.1, 0.15) is 5.69 Å². The Balaban J connectivity index is 0.000000810. The Morgan fingerprint density at radius 2 is 2.40 bits per heavy atom. The van der Waals surface area contributed by atoms with Gasteiger partial charge in [0.1, 0.15) is 0 Å². The fraction of sp³-hybridized carbons (Fsp3) is 0.600. The van der Waals surface area contributed by atoms with Crippen molar-refractivity contribution in [2.24, 2.45) is 7.05 Å². The largest absolute Gasteiger partial charge is 0.314 e. The highest BCUT2D eigenvalue weighted by molar-refractivity contribution is 5.85. The highest BCUT2D eigenvalue weighted by atomic mass is 35.5. The van der Waals surface area contributed by atoms with Crippen LogP contribution < -0.4 is 5.32 Å². The maximum Gasteiger partial charge on any atom is 0.0738 e. The first-order chi connectivity index (χ1) is 4.34. The number of nitrogens with one attached hydrogen (secondary N) is 1. The van der Waals surface area contributed by atoms with E-state index in [1.54, 1.807) is 10.9 Å². The van der Waals surface area contributed by atoms with E-state index in [-0.39, 0.29) is 12.4 Å². The monoisotopic (exact) mass is 162 g/mol. The zero-order valence-corrected chi connectivity index (χ0v) is 6.85. The molecule has 0 saturated heterocycles. The molecule has 0 unspecified atom stereocenters. The molecule has 0 saturated carbocycles. The third-order valence-corrected chi connectivity index (χ3v) is 1.17. The molecular weight excluding hydrogens is 152 g/mol. The Bertz CT molecular complexity index is 186. The van der Waals surface area contributed by atoms with Crippen LogP contribution in [0.4, 0.5) is 0 Å². The van der Waals surface area contributed by atoms with Gasteiger partial charge in [0.25, 0.3) is 0 Å². The predicted molar refractivity (Wildman–Crippen MR) is 41.0 cm³/mol. The molecule has 0 atom stereocenters. The summed E-state index contributed by atoms with van der Waals surface area (Å²) in [6, 6.07) is 0. The Labute approximate surface area is 66.0 Å². The molecule has 0 fully saturated rings. The molecule has 0 bridgehead atoms. The minimum Gasteiger partial charge on any atom is -0.314 e. The summed E-state index contributed by atoms with van der Waals surface area (Å²) in [4.78, 5) is 0. The van der Waals surface area contributed by atoms with Crippen LogP contribution in [0.25, 0.3) is 0 Å². The molecule has 1 aromatic rings. The van der Waals surface area contributed by atoms with Crippen LogP contribution in [0.15, 0.2) is 6.20 Å². The van der Waals surface area contributed by atoms with Crippen LogP contribution in [0, 0.1) is 0 Å². The van der Waals surface area contributed by atoms with Crippen LogP contribution in [-0.4, -0.2) is 22.0 Å². The number of nitrogens with zero attached hydrogens (tertiary/aromatic N) is 3. The fourth-order valence-corrected chi connectivity index (χ4v) is 0.652. The summed E-state index contributed by atoms with van der Waals surface area (Å²) in [5.74, 6) is 0. The van der Waals surface area contributed by atoms with Crippen molar-refractivity contribution < 1.29 is 0 Å². The molecule has 0 aromatic carbocycles. The predicted octanol–water partition coefficient (Wildman–Crippen LogP) is -0.0437. The smallest absolute Gasteiger partial charge is 0.0738 e. The summed E-state index contributed by atoms with van der Waals surface area (Å²) in [6.07, 6.45) is 1.75. The van der Waals surface area contributed by atoms with E-state index in [9.17, 15) is 0 Å². The van der Waals surface area contributed by atoms with Crippen molar-refractivity contribution in [3.8, 4) is 0 Å². The van der Waals surface area contributed by atoms with Crippen molar-refractivity contribution in [1.82, 2.24) is 20.3 Å². The highest BCUT2D eigenvalue weighted by Gasteiger charge is 1.94. The van der Waals surface area contributed by atoms with Gasteiger partial charge in [-0.1, -0.05) is 5.21 Å². The number of aromatic nitrogens is 3. The fourth-order valence-electron chi connectivity index (χ4n) is 0.652. The number of hydrogen-bond donors (Lipinski definition) is 1. The Kier molecular flexibility index (Phi) is 3.99. The van der Waals surface area contributed by atoms with Crippen molar-refractivity contribution >= 4 is 12.4 Å². The van der Waals surface area contributed by atoms with Gasteiger partial charge in [-0.3, -0.25) is 4.68 Å². The second-order valence-electron chi connectivity index (χ2n) is 1.88. The first kappa shape index (κ1) is 9.39. The minimum atomic E-state index is 0. The van der Waals surface area contributed by atoms with E-state index < -0.39 is 0 Å². The van der Waals surface area contributed by atoms with Gasteiger partial charge in [-0.25, -0.2) is 0 Å². The second-order valence-corrected chi connectivity index (χ2v) is 1.88. The van der Waals surface area contributed by atoms with E-state index in [0.29, 0.717) is 0 Å². The maximum atomic E-state index is 3.76. The molecule has 4 nitrogen and oxygen atoms in total. The summed E-state index contributed by atoms with van der Waals surface area (Å²) >= 11 is 0. The molecule has 0 radical (unpaired) electrons. The van der Waals surface area contributed by atoms with Crippen LogP contribution in [0.5, 0.6) is 0 Å². The lowest BCUT2D eigenvalue weighted by Crippen LogP contribution is -2.09. The SMILES string of the molecule is CNCc1cnnn1C.Cl. The van der Waals surface area contributed by atoms with Gasteiger partial charge in [0.05, 0.1) is 11.9 Å². The number of halogens is 1. The van der Waals surface area contributed by atoms with Gasteiger partial charge in [0, 0.05) is 13.6 Å². The van der Waals surface area contributed by atoms with Gasteiger partial charge in [-0.15, -0.1) is 17.5 Å². The summed E-state index contributed by atoms with van der Waals surface area (Å²) in [5.41, 5.74) is 1.09. The summed E-state index contributed by atoms with van der Waals surface area (Å²) in [6.45, 7) is 0.823. The Morgan fingerprint density at radius 1 is 1.70 bits per heavy atom. The minimum absolute atomic E-state index is 0. The van der Waals surface area contributed by atoms with Crippen LogP contribution in [0.2, 0.25) is 0 Å². The van der Waals surface area contributed by atoms with Gasteiger partial charge in [-0.2, -0.15) is 0 Å². The maximum absolute atomic E-state index is 3.76. The molecule has 0 aliphatic rings. The third-order valence-electron chi connectivity index (χ3n) is 1.17. The highest BCUT2D eigenvalue weighted by Crippen LogP contribution is 1.89. The lowest BCUT2D eigenvalue weighted by atomic mass is 10.5. The van der Waals surface area contributed by atoms with E-state index in [4.69, 9.17) is 0 Å². The van der Waals surface area contributed by atoms with E-state index in [0.717, 1.165) is 12.2 Å².